The molecule has 1 fully saturated rings. The number of thiophene rings is 1. The van der Waals surface area contributed by atoms with Gasteiger partial charge in [-0.2, -0.15) is 0 Å². The van der Waals surface area contributed by atoms with Crippen LogP contribution in [0.15, 0.2) is 6.07 Å². The van der Waals surface area contributed by atoms with Crippen molar-refractivity contribution in [3.8, 4) is 0 Å². The number of nitrogens with two attached hydrogens (primary N) is 2. The van der Waals surface area contributed by atoms with Crippen LogP contribution < -0.4 is 27.4 Å². The van der Waals surface area contributed by atoms with Crippen LogP contribution in [0.25, 0.3) is 0 Å². The topological polar surface area (TPSA) is 166 Å². The number of nitrogens with one attached hydrogen (secondary N) is 3. The largest absolute Gasteiger partial charge is 0.444 e. The summed E-state index contributed by atoms with van der Waals surface area (Å²) < 4.78 is 5.25. The quantitative estimate of drug-likeness (QED) is 0.487. The second-order valence-corrected chi connectivity index (χ2v) is 8.94. The molecular formula is C18H27N5O5S. The van der Waals surface area contributed by atoms with Crippen LogP contribution in [0.5, 0.6) is 0 Å². The lowest BCUT2D eigenvalue weighted by Crippen LogP contribution is -2.42. The van der Waals surface area contributed by atoms with Crippen molar-refractivity contribution in [3.05, 3.63) is 11.6 Å². The minimum Gasteiger partial charge on any atom is -0.444 e. The van der Waals surface area contributed by atoms with Crippen LogP contribution >= 0.6 is 11.3 Å². The highest BCUT2D eigenvalue weighted by atomic mass is 32.1. The number of anilines is 2. The number of alkyl carbamates (subject to hydrolysis) is 1. The summed E-state index contributed by atoms with van der Waals surface area (Å²) >= 11 is 1.00. The molecule has 10 nitrogen and oxygen atoms in total. The summed E-state index contributed by atoms with van der Waals surface area (Å²) in [6, 6.07) is 0.540. The van der Waals surface area contributed by atoms with Gasteiger partial charge in [-0.25, -0.2) is 9.59 Å². The van der Waals surface area contributed by atoms with Crippen molar-refractivity contribution >= 4 is 45.3 Å². The maximum Gasteiger partial charge on any atom is 0.407 e. The first-order chi connectivity index (χ1) is 13.4. The Bertz CT molecular complexity index is 793. The van der Waals surface area contributed by atoms with Gasteiger partial charge in [0.05, 0.1) is 10.6 Å². The smallest absolute Gasteiger partial charge is 0.407 e. The molecule has 160 valence electrons. The summed E-state index contributed by atoms with van der Waals surface area (Å²) in [6.45, 7) is 5.39. The lowest BCUT2D eigenvalue weighted by molar-refractivity contribution is -0.120. The number of rotatable bonds is 5. The number of urea groups is 1. The third kappa shape index (κ3) is 6.93. The Labute approximate surface area is 172 Å². The Hall–Kier alpha value is -2.82. The lowest BCUT2D eigenvalue weighted by Gasteiger charge is -2.29. The molecule has 5 amide bonds. The number of carbonyl (C=O) groups is 4. The van der Waals surface area contributed by atoms with Crippen molar-refractivity contribution in [2.75, 3.05) is 10.6 Å². The van der Waals surface area contributed by atoms with Crippen molar-refractivity contribution < 1.29 is 23.9 Å². The van der Waals surface area contributed by atoms with Crippen molar-refractivity contribution in [3.63, 3.8) is 0 Å². The summed E-state index contributed by atoms with van der Waals surface area (Å²) in [6.07, 6.45) is 2.06. The molecule has 7 N–H and O–H groups in total. The van der Waals surface area contributed by atoms with Crippen LogP contribution in [-0.4, -0.2) is 35.6 Å². The highest BCUT2D eigenvalue weighted by molar-refractivity contribution is 7.20. The number of hydrogen-bond acceptors (Lipinski definition) is 6. The average Bonchev–Trinajstić information content (AvgIpc) is 2.95. The summed E-state index contributed by atoms with van der Waals surface area (Å²) in [5, 5.41) is 8.48. The van der Waals surface area contributed by atoms with E-state index in [-0.39, 0.29) is 28.4 Å². The number of primary amides is 2. The fourth-order valence-electron chi connectivity index (χ4n) is 3.04. The van der Waals surface area contributed by atoms with Crippen molar-refractivity contribution in [2.45, 2.75) is 58.1 Å². The zero-order valence-electron chi connectivity index (χ0n) is 16.7. The molecule has 1 aliphatic rings. The van der Waals surface area contributed by atoms with Gasteiger partial charge in [-0.1, -0.05) is 11.3 Å². The van der Waals surface area contributed by atoms with E-state index >= 15 is 0 Å². The van der Waals surface area contributed by atoms with Gasteiger partial charge in [-0.15, -0.1) is 0 Å². The second kappa shape index (κ2) is 9.12. The Balaban J connectivity index is 1.89. The van der Waals surface area contributed by atoms with Gasteiger partial charge >= 0.3 is 12.1 Å². The van der Waals surface area contributed by atoms with Gasteiger partial charge in [-0.3, -0.25) is 14.9 Å². The first-order valence-corrected chi connectivity index (χ1v) is 10.1. The van der Waals surface area contributed by atoms with Gasteiger partial charge in [0.25, 0.3) is 5.91 Å². The van der Waals surface area contributed by atoms with Crippen LogP contribution in [0.2, 0.25) is 0 Å². The van der Waals surface area contributed by atoms with Gasteiger partial charge in [-0.05, 0) is 52.5 Å². The van der Waals surface area contributed by atoms with Crippen LogP contribution in [0, 0.1) is 5.92 Å². The number of hydrogen-bond donors (Lipinski definition) is 5. The average molecular weight is 426 g/mol. The molecule has 0 bridgehead atoms. The number of carbonyl (C=O) groups excluding carboxylic acids is 4. The van der Waals surface area contributed by atoms with E-state index < -0.39 is 23.6 Å². The molecule has 1 heterocycles. The van der Waals surface area contributed by atoms with Gasteiger partial charge in [0.15, 0.2) is 0 Å². The SMILES string of the molecule is CC(C)(C)OC(=O)NC1CCC(C(=O)Nc2cc(C(N)=O)c(NC(N)=O)s2)CC1. The van der Waals surface area contributed by atoms with Gasteiger partial charge in [0, 0.05) is 12.0 Å². The van der Waals surface area contributed by atoms with Gasteiger partial charge < -0.3 is 26.8 Å². The molecule has 0 aromatic carbocycles. The van der Waals surface area contributed by atoms with Crippen molar-refractivity contribution in [1.29, 1.82) is 0 Å². The molecule has 1 aromatic rings. The number of amides is 5. The Kier molecular flexibility index (Phi) is 7.07. The van der Waals surface area contributed by atoms with E-state index in [0.717, 1.165) is 11.3 Å². The van der Waals surface area contributed by atoms with Crippen LogP contribution in [0.1, 0.15) is 56.8 Å². The Morgan fingerprint density at radius 2 is 1.69 bits per heavy atom. The van der Waals surface area contributed by atoms with Crippen LogP contribution in [0.3, 0.4) is 0 Å². The van der Waals surface area contributed by atoms with E-state index in [4.69, 9.17) is 16.2 Å². The van der Waals surface area contributed by atoms with E-state index in [0.29, 0.717) is 30.7 Å². The Morgan fingerprint density at radius 1 is 1.07 bits per heavy atom. The molecule has 29 heavy (non-hydrogen) atoms. The first-order valence-electron chi connectivity index (χ1n) is 9.25. The molecule has 0 saturated heterocycles. The number of ether oxygens (including phenoxy) is 1. The molecule has 11 heteroatoms. The fraction of sp³-hybridized carbons (Fsp3) is 0.556. The molecule has 0 unspecified atom stereocenters. The van der Waals surface area contributed by atoms with Gasteiger partial charge in [0.1, 0.15) is 10.6 Å². The van der Waals surface area contributed by atoms with E-state index in [1.807, 2.05) is 0 Å². The van der Waals surface area contributed by atoms with Gasteiger partial charge in [0.2, 0.25) is 5.91 Å². The normalized spacial score (nSPS) is 19.1. The molecule has 1 aromatic heterocycles. The van der Waals surface area contributed by atoms with Crippen LogP contribution in [-0.2, 0) is 9.53 Å². The Morgan fingerprint density at radius 3 is 2.21 bits per heavy atom. The van der Waals surface area contributed by atoms with Crippen molar-refractivity contribution in [2.24, 2.45) is 17.4 Å². The minimum absolute atomic E-state index is 0.0385. The molecule has 0 spiro atoms. The maximum atomic E-state index is 12.6. The molecule has 0 aliphatic heterocycles. The van der Waals surface area contributed by atoms with E-state index in [1.165, 1.54) is 6.07 Å². The fourth-order valence-corrected chi connectivity index (χ4v) is 4.01. The van der Waals surface area contributed by atoms with E-state index in [9.17, 15) is 19.2 Å². The summed E-state index contributed by atoms with van der Waals surface area (Å²) in [7, 11) is 0. The summed E-state index contributed by atoms with van der Waals surface area (Å²) in [5.41, 5.74) is 9.89. The third-order valence-corrected chi connectivity index (χ3v) is 5.27. The highest BCUT2D eigenvalue weighted by Crippen LogP contribution is 2.33. The molecule has 0 atom stereocenters. The highest BCUT2D eigenvalue weighted by Gasteiger charge is 2.29. The third-order valence-electron chi connectivity index (χ3n) is 4.30. The zero-order chi connectivity index (χ0) is 21.8. The molecule has 1 aliphatic carbocycles. The zero-order valence-corrected chi connectivity index (χ0v) is 17.5. The van der Waals surface area contributed by atoms with E-state index in [1.54, 1.807) is 20.8 Å². The predicted molar refractivity (Wildman–Crippen MR) is 110 cm³/mol. The monoisotopic (exact) mass is 425 g/mol. The standard InChI is InChI=1S/C18H27N5O5S/c1-18(2,3)28-17(27)21-10-6-4-9(5-7-10)14(25)22-12-8-11(13(19)24)15(29-12)23-16(20)26/h8-10H,4-7H2,1-3H3,(H2,19,24)(H,21,27)(H,22,25)(H3,20,23,26). The first kappa shape index (κ1) is 22.5. The molecular weight excluding hydrogens is 398 g/mol. The predicted octanol–water partition coefficient (Wildman–Crippen LogP) is 2.36. The lowest BCUT2D eigenvalue weighted by atomic mass is 9.85. The summed E-state index contributed by atoms with van der Waals surface area (Å²) in [4.78, 5) is 47.0. The molecule has 1 saturated carbocycles. The van der Waals surface area contributed by atoms with Crippen molar-refractivity contribution in [1.82, 2.24) is 5.32 Å². The maximum absolute atomic E-state index is 12.6. The molecule has 0 radical (unpaired) electrons. The minimum atomic E-state index is -0.831. The van der Waals surface area contributed by atoms with Crippen LogP contribution in [0.4, 0.5) is 19.6 Å². The second-order valence-electron chi connectivity index (χ2n) is 7.89. The summed E-state index contributed by atoms with van der Waals surface area (Å²) in [5.74, 6) is -1.15. The van der Waals surface area contributed by atoms with E-state index in [2.05, 4.69) is 16.0 Å². The molecule has 2 rings (SSSR count).